The van der Waals surface area contributed by atoms with Gasteiger partial charge < -0.3 is 29.3 Å². The lowest BCUT2D eigenvalue weighted by Gasteiger charge is -2.43. The number of fused-ring (bicyclic) bond motifs is 1. The van der Waals surface area contributed by atoms with E-state index in [0.29, 0.717) is 63.7 Å². The van der Waals surface area contributed by atoms with Crippen LogP contribution in [0.4, 0.5) is 20.2 Å². The van der Waals surface area contributed by atoms with Gasteiger partial charge in [0.05, 0.1) is 56.3 Å². The fourth-order valence-electron chi connectivity index (χ4n) is 6.14. The van der Waals surface area contributed by atoms with Crippen LogP contribution in [-0.2, 0) is 22.5 Å². The molecule has 2 fully saturated rings. The van der Waals surface area contributed by atoms with E-state index >= 15 is 0 Å². The second-order valence-electron chi connectivity index (χ2n) is 10.9. The first kappa shape index (κ1) is 31.0. The number of hydrogen-bond donors (Lipinski definition) is 1. The lowest BCUT2D eigenvalue weighted by molar-refractivity contribution is -0.128. The first-order chi connectivity index (χ1) is 21.4. The second kappa shape index (κ2) is 13.9. The van der Waals surface area contributed by atoms with Crippen molar-refractivity contribution in [3.8, 4) is 23.8 Å². The Kier molecular flexibility index (Phi) is 9.78. The van der Waals surface area contributed by atoms with Gasteiger partial charge in [-0.15, -0.1) is 0 Å². The number of rotatable bonds is 9. The van der Waals surface area contributed by atoms with E-state index in [1.54, 1.807) is 4.90 Å². The first-order valence-corrected chi connectivity index (χ1v) is 14.7. The monoisotopic (exact) mass is 607 g/mol. The molecule has 3 aliphatic heterocycles. The molecule has 1 aromatic heterocycles. The quantitative estimate of drug-likeness (QED) is 0.336. The Labute approximate surface area is 255 Å². The number of phenols is 1. The third kappa shape index (κ3) is 6.39. The van der Waals surface area contributed by atoms with Gasteiger partial charge in [-0.2, -0.15) is 10.5 Å². The molecule has 44 heavy (non-hydrogen) atoms. The molecule has 0 radical (unpaired) electrons. The van der Waals surface area contributed by atoms with Crippen LogP contribution in [0.1, 0.15) is 29.7 Å². The van der Waals surface area contributed by atoms with Gasteiger partial charge in [0.25, 0.3) is 0 Å². The van der Waals surface area contributed by atoms with Gasteiger partial charge in [0.2, 0.25) is 11.8 Å². The largest absolute Gasteiger partial charge is 0.506 e. The van der Waals surface area contributed by atoms with Crippen molar-refractivity contribution in [3.05, 3.63) is 53.2 Å². The maximum absolute atomic E-state index is 14.8. The number of nitriles is 2. The highest BCUT2D eigenvalue weighted by Crippen LogP contribution is 2.40. The molecule has 1 N–H and O–H groups in total. The summed E-state index contributed by atoms with van der Waals surface area (Å²) in [5.41, 5.74) is 1.88. The molecule has 0 aliphatic carbocycles. The van der Waals surface area contributed by atoms with Crippen LogP contribution in [0, 0.1) is 34.3 Å². The van der Waals surface area contributed by atoms with Gasteiger partial charge in [0.1, 0.15) is 23.1 Å². The molecular weight excluding hydrogens is 572 g/mol. The number of halogens is 2. The van der Waals surface area contributed by atoms with E-state index in [4.69, 9.17) is 14.5 Å². The minimum Gasteiger partial charge on any atom is -0.506 e. The summed E-state index contributed by atoms with van der Waals surface area (Å²) < 4.78 is 40.5. The van der Waals surface area contributed by atoms with Crippen LogP contribution in [0.3, 0.4) is 0 Å². The third-order valence-electron chi connectivity index (χ3n) is 8.31. The summed E-state index contributed by atoms with van der Waals surface area (Å²) in [7, 11) is 0. The standard InChI is InChI=1S/C31H35F2N7O4/c1-2-27(42)40-12-11-39(19-21(40)6-8-34)29-22-7-10-38(30-26(41)5-4-24(32)28(30)33)20-25(22)36-31(23(29)18-35)44-15-3-9-37-13-16-43-17-14-37/h2,4-5,21,41H,1,3,6-7,9-17,19-20H2. The van der Waals surface area contributed by atoms with Crippen molar-refractivity contribution >= 4 is 17.3 Å². The van der Waals surface area contributed by atoms with Crippen molar-refractivity contribution in [1.82, 2.24) is 14.8 Å². The van der Waals surface area contributed by atoms with E-state index in [9.17, 15) is 29.2 Å². The van der Waals surface area contributed by atoms with E-state index < -0.39 is 17.7 Å². The Hall–Kier alpha value is -4.46. The topological polar surface area (TPSA) is 129 Å². The number of morpholine rings is 1. The van der Waals surface area contributed by atoms with E-state index in [2.05, 4.69) is 23.6 Å². The summed E-state index contributed by atoms with van der Waals surface area (Å²) in [6, 6.07) is 6.00. The van der Waals surface area contributed by atoms with Gasteiger partial charge in [-0.3, -0.25) is 9.69 Å². The normalized spacial score (nSPS) is 18.7. The molecule has 1 amide bonds. The zero-order chi connectivity index (χ0) is 31.2. The molecule has 4 heterocycles. The van der Waals surface area contributed by atoms with Gasteiger partial charge >= 0.3 is 0 Å². The number of anilines is 2. The number of amides is 1. The number of carbonyl (C=O) groups excluding carboxylic acids is 1. The first-order valence-electron chi connectivity index (χ1n) is 14.7. The van der Waals surface area contributed by atoms with Crippen LogP contribution in [-0.4, -0.2) is 97.5 Å². The van der Waals surface area contributed by atoms with Gasteiger partial charge in [-0.05, 0) is 31.1 Å². The van der Waals surface area contributed by atoms with Gasteiger partial charge in [0.15, 0.2) is 11.6 Å². The highest BCUT2D eigenvalue weighted by Gasteiger charge is 2.35. The predicted octanol–water partition coefficient (Wildman–Crippen LogP) is 2.72. The Balaban J connectivity index is 1.48. The molecule has 5 rings (SSSR count). The number of pyridine rings is 1. The Bertz CT molecular complexity index is 1490. The smallest absolute Gasteiger partial charge is 0.246 e. The van der Waals surface area contributed by atoms with Crippen molar-refractivity contribution in [2.75, 3.05) is 75.4 Å². The molecule has 1 atom stereocenters. The summed E-state index contributed by atoms with van der Waals surface area (Å²) >= 11 is 0. The van der Waals surface area contributed by atoms with Gasteiger partial charge in [-0.25, -0.2) is 13.8 Å². The van der Waals surface area contributed by atoms with E-state index in [1.807, 2.05) is 4.90 Å². The number of ether oxygens (including phenoxy) is 2. The van der Waals surface area contributed by atoms with Gasteiger partial charge in [-0.1, -0.05) is 6.58 Å². The molecule has 232 valence electrons. The van der Waals surface area contributed by atoms with Crippen LogP contribution in [0.25, 0.3) is 0 Å². The van der Waals surface area contributed by atoms with E-state index in [-0.39, 0.29) is 48.3 Å². The second-order valence-corrected chi connectivity index (χ2v) is 10.9. The molecule has 0 bridgehead atoms. The molecule has 3 aliphatic rings. The fourth-order valence-corrected chi connectivity index (χ4v) is 6.14. The Morgan fingerprint density at radius 1 is 1.16 bits per heavy atom. The van der Waals surface area contributed by atoms with E-state index in [1.165, 1.54) is 11.0 Å². The molecule has 0 saturated carbocycles. The number of carbonyl (C=O) groups is 1. The number of phenolic OH excluding ortho intramolecular Hbond substituents is 1. The average molecular weight is 608 g/mol. The molecule has 11 nitrogen and oxygen atoms in total. The van der Waals surface area contributed by atoms with E-state index in [0.717, 1.165) is 37.3 Å². The number of aromatic nitrogens is 1. The van der Waals surface area contributed by atoms with Crippen LogP contribution < -0.4 is 14.5 Å². The highest BCUT2D eigenvalue weighted by molar-refractivity contribution is 5.87. The third-order valence-corrected chi connectivity index (χ3v) is 8.31. The Morgan fingerprint density at radius 3 is 2.68 bits per heavy atom. The SMILES string of the molecule is C=CC(=O)N1CCN(c2c(C#N)c(OCCCN3CCOCC3)nc3c2CCN(c2c(O)ccc(F)c2F)C3)CC1CC#N. The minimum absolute atomic E-state index is 0.0443. The van der Waals surface area contributed by atoms with Crippen LogP contribution in [0.15, 0.2) is 24.8 Å². The molecular formula is C31H35F2N7O4. The molecule has 2 saturated heterocycles. The molecule has 1 unspecified atom stereocenters. The van der Waals surface area contributed by atoms with Crippen molar-refractivity contribution in [2.24, 2.45) is 0 Å². The van der Waals surface area contributed by atoms with Gasteiger partial charge in [0, 0.05) is 51.4 Å². The maximum Gasteiger partial charge on any atom is 0.246 e. The number of nitrogens with zero attached hydrogens (tertiary/aromatic N) is 7. The van der Waals surface area contributed by atoms with Crippen molar-refractivity contribution in [1.29, 1.82) is 10.5 Å². The lowest BCUT2D eigenvalue weighted by Crippen LogP contribution is -2.55. The number of benzene rings is 1. The zero-order valence-electron chi connectivity index (χ0n) is 24.5. The predicted molar refractivity (Wildman–Crippen MR) is 157 cm³/mol. The molecule has 2 aromatic rings. The van der Waals surface area contributed by atoms with Crippen molar-refractivity contribution < 1.29 is 28.2 Å². The molecule has 13 heteroatoms. The molecule has 1 aromatic carbocycles. The van der Waals surface area contributed by atoms with Crippen molar-refractivity contribution in [2.45, 2.75) is 31.8 Å². The van der Waals surface area contributed by atoms with Crippen LogP contribution >= 0.6 is 0 Å². The number of aromatic hydroxyl groups is 1. The summed E-state index contributed by atoms with van der Waals surface area (Å²) in [4.78, 5) is 24.7. The zero-order valence-corrected chi connectivity index (χ0v) is 24.5. The fraction of sp³-hybridized carbons (Fsp3) is 0.484. The lowest BCUT2D eigenvalue weighted by atomic mass is 9.96. The molecule has 0 spiro atoms. The van der Waals surface area contributed by atoms with Crippen LogP contribution in [0.5, 0.6) is 11.6 Å². The average Bonchev–Trinajstić information content (AvgIpc) is 3.04. The van der Waals surface area contributed by atoms with Crippen molar-refractivity contribution in [3.63, 3.8) is 0 Å². The highest BCUT2D eigenvalue weighted by atomic mass is 19.2. The number of piperazine rings is 1. The number of hydrogen-bond acceptors (Lipinski definition) is 10. The summed E-state index contributed by atoms with van der Waals surface area (Å²) in [6.07, 6.45) is 2.35. The van der Waals surface area contributed by atoms with Crippen LogP contribution in [0.2, 0.25) is 0 Å². The maximum atomic E-state index is 14.8. The minimum atomic E-state index is -1.15. The summed E-state index contributed by atoms with van der Waals surface area (Å²) in [5.74, 6) is -2.74. The summed E-state index contributed by atoms with van der Waals surface area (Å²) in [6.45, 7) is 9.04. The Morgan fingerprint density at radius 2 is 1.95 bits per heavy atom. The summed E-state index contributed by atoms with van der Waals surface area (Å²) in [5, 5.41) is 30.3.